The van der Waals surface area contributed by atoms with Crippen molar-refractivity contribution in [2.24, 2.45) is 5.92 Å². The van der Waals surface area contributed by atoms with E-state index in [2.05, 4.69) is 4.98 Å². The Kier molecular flexibility index (Phi) is 4.28. The molecule has 1 aliphatic carbocycles. The van der Waals surface area contributed by atoms with Gasteiger partial charge in [-0.15, -0.1) is 0 Å². The third-order valence-electron chi connectivity index (χ3n) is 4.63. The summed E-state index contributed by atoms with van der Waals surface area (Å²) in [5.41, 5.74) is 1.83. The zero-order valence-corrected chi connectivity index (χ0v) is 12.7. The number of Topliss-reactive ketones (excluding diaryl/α,β-unsaturated/α-hetero) is 1. The van der Waals surface area contributed by atoms with Gasteiger partial charge < -0.3 is 9.72 Å². The summed E-state index contributed by atoms with van der Waals surface area (Å²) < 4.78 is 5.28. The molecule has 1 aromatic heterocycles. The second kappa shape index (κ2) is 6.33. The van der Waals surface area contributed by atoms with Gasteiger partial charge in [0.1, 0.15) is 5.75 Å². The van der Waals surface area contributed by atoms with E-state index in [0.717, 1.165) is 35.1 Å². The van der Waals surface area contributed by atoms with Crippen LogP contribution in [0, 0.1) is 5.92 Å². The third kappa shape index (κ3) is 2.97. The fourth-order valence-electron chi connectivity index (χ4n) is 3.37. The van der Waals surface area contributed by atoms with Crippen molar-refractivity contribution in [1.29, 1.82) is 0 Å². The van der Waals surface area contributed by atoms with Gasteiger partial charge in [-0.25, -0.2) is 0 Å². The first-order chi connectivity index (χ1) is 10.3. The summed E-state index contributed by atoms with van der Waals surface area (Å²) in [5, 5.41) is 0.987. The van der Waals surface area contributed by atoms with Gasteiger partial charge in [0.15, 0.2) is 5.78 Å². The van der Waals surface area contributed by atoms with Crippen molar-refractivity contribution >= 4 is 16.7 Å². The van der Waals surface area contributed by atoms with Gasteiger partial charge in [0, 0.05) is 28.6 Å². The first-order valence-corrected chi connectivity index (χ1v) is 7.99. The number of hydrogen-bond donors (Lipinski definition) is 1. The molecule has 0 atom stereocenters. The summed E-state index contributed by atoms with van der Waals surface area (Å²) in [4.78, 5) is 16.1. The SMILES string of the molecule is COc1ccc2[nH]cc(C(=O)C3CCCCCCC3)c2c1. The van der Waals surface area contributed by atoms with Crippen LogP contribution < -0.4 is 4.74 Å². The standard InChI is InChI=1S/C18H23NO2/c1-21-14-9-10-17-15(11-14)16(12-19-17)18(20)13-7-5-3-2-4-6-8-13/h9-13,19H,2-8H2,1H3. The van der Waals surface area contributed by atoms with E-state index in [9.17, 15) is 4.79 Å². The molecule has 1 heterocycles. The average molecular weight is 285 g/mol. The number of aromatic amines is 1. The quantitative estimate of drug-likeness (QED) is 0.829. The van der Waals surface area contributed by atoms with E-state index in [0.29, 0.717) is 5.78 Å². The molecule has 1 aliphatic rings. The number of carbonyl (C=O) groups is 1. The van der Waals surface area contributed by atoms with Gasteiger partial charge in [-0.2, -0.15) is 0 Å². The molecule has 1 saturated carbocycles. The van der Waals surface area contributed by atoms with Crippen LogP contribution in [-0.4, -0.2) is 17.9 Å². The maximum Gasteiger partial charge on any atom is 0.168 e. The van der Waals surface area contributed by atoms with E-state index >= 15 is 0 Å². The number of methoxy groups -OCH3 is 1. The normalized spacial score (nSPS) is 17.4. The number of rotatable bonds is 3. The van der Waals surface area contributed by atoms with Crippen LogP contribution in [0.4, 0.5) is 0 Å². The highest BCUT2D eigenvalue weighted by molar-refractivity contribution is 6.09. The molecule has 1 aromatic carbocycles. The van der Waals surface area contributed by atoms with Gasteiger partial charge in [-0.1, -0.05) is 32.1 Å². The molecule has 3 nitrogen and oxygen atoms in total. The molecular weight excluding hydrogens is 262 g/mol. The van der Waals surface area contributed by atoms with E-state index < -0.39 is 0 Å². The van der Waals surface area contributed by atoms with Crippen molar-refractivity contribution in [2.45, 2.75) is 44.9 Å². The zero-order valence-electron chi connectivity index (χ0n) is 12.7. The van der Waals surface area contributed by atoms with Crippen LogP contribution in [0.5, 0.6) is 5.75 Å². The highest BCUT2D eigenvalue weighted by Gasteiger charge is 2.23. The molecule has 0 aliphatic heterocycles. The number of fused-ring (bicyclic) bond motifs is 1. The maximum atomic E-state index is 12.9. The highest BCUT2D eigenvalue weighted by Crippen LogP contribution is 2.30. The largest absolute Gasteiger partial charge is 0.497 e. The minimum absolute atomic E-state index is 0.190. The Morgan fingerprint density at radius 2 is 1.86 bits per heavy atom. The Morgan fingerprint density at radius 3 is 2.57 bits per heavy atom. The predicted molar refractivity (Wildman–Crippen MR) is 85.0 cm³/mol. The van der Waals surface area contributed by atoms with Crippen molar-refractivity contribution in [3.63, 3.8) is 0 Å². The summed E-state index contributed by atoms with van der Waals surface area (Å²) in [6.07, 6.45) is 10.2. The van der Waals surface area contributed by atoms with Gasteiger partial charge in [0.2, 0.25) is 0 Å². The summed E-state index contributed by atoms with van der Waals surface area (Å²) in [5.74, 6) is 1.29. The molecule has 2 aromatic rings. The molecule has 3 heteroatoms. The van der Waals surface area contributed by atoms with Crippen molar-refractivity contribution in [1.82, 2.24) is 4.98 Å². The molecule has 0 saturated heterocycles. The Balaban J connectivity index is 1.89. The number of hydrogen-bond acceptors (Lipinski definition) is 2. The van der Waals surface area contributed by atoms with Crippen LogP contribution in [0.3, 0.4) is 0 Å². The summed E-state index contributed by atoms with van der Waals surface area (Å²) in [6.45, 7) is 0. The Hall–Kier alpha value is -1.77. The third-order valence-corrected chi connectivity index (χ3v) is 4.63. The van der Waals surface area contributed by atoms with E-state index in [-0.39, 0.29) is 5.92 Å². The predicted octanol–water partition coefficient (Wildman–Crippen LogP) is 4.72. The van der Waals surface area contributed by atoms with Gasteiger partial charge in [-0.05, 0) is 31.0 Å². The van der Waals surface area contributed by atoms with Crippen molar-refractivity contribution in [3.05, 3.63) is 30.0 Å². The van der Waals surface area contributed by atoms with E-state index in [1.807, 2.05) is 24.4 Å². The van der Waals surface area contributed by atoms with Gasteiger partial charge >= 0.3 is 0 Å². The Labute approximate surface area is 125 Å². The number of carbonyl (C=O) groups excluding carboxylic acids is 1. The Bertz CT molecular complexity index is 621. The average Bonchev–Trinajstić information content (AvgIpc) is 2.89. The number of ether oxygens (including phenoxy) is 1. The topological polar surface area (TPSA) is 42.1 Å². The van der Waals surface area contributed by atoms with Crippen LogP contribution in [-0.2, 0) is 0 Å². The van der Waals surface area contributed by atoms with Gasteiger partial charge in [-0.3, -0.25) is 4.79 Å². The second-order valence-electron chi connectivity index (χ2n) is 6.02. The van der Waals surface area contributed by atoms with E-state index in [4.69, 9.17) is 4.74 Å². The first kappa shape index (κ1) is 14.2. The molecule has 0 unspecified atom stereocenters. The van der Waals surface area contributed by atoms with Crippen molar-refractivity contribution in [2.75, 3.05) is 7.11 Å². The van der Waals surface area contributed by atoms with E-state index in [1.165, 1.54) is 32.1 Å². The monoisotopic (exact) mass is 285 g/mol. The van der Waals surface area contributed by atoms with Gasteiger partial charge in [0.25, 0.3) is 0 Å². The maximum absolute atomic E-state index is 12.9. The molecule has 0 amide bonds. The number of H-pyrrole nitrogens is 1. The minimum Gasteiger partial charge on any atom is -0.497 e. The number of ketones is 1. The molecule has 21 heavy (non-hydrogen) atoms. The zero-order chi connectivity index (χ0) is 14.7. The highest BCUT2D eigenvalue weighted by atomic mass is 16.5. The smallest absolute Gasteiger partial charge is 0.168 e. The number of aromatic nitrogens is 1. The second-order valence-corrected chi connectivity index (χ2v) is 6.02. The van der Waals surface area contributed by atoms with Crippen molar-refractivity contribution in [3.8, 4) is 5.75 Å². The number of benzene rings is 1. The lowest BCUT2D eigenvalue weighted by Gasteiger charge is -2.18. The lowest BCUT2D eigenvalue weighted by Crippen LogP contribution is -2.16. The molecule has 3 rings (SSSR count). The lowest BCUT2D eigenvalue weighted by atomic mass is 9.85. The van der Waals surface area contributed by atoms with Crippen LogP contribution in [0.2, 0.25) is 0 Å². The van der Waals surface area contributed by atoms with Crippen molar-refractivity contribution < 1.29 is 9.53 Å². The Morgan fingerprint density at radius 1 is 1.14 bits per heavy atom. The molecule has 112 valence electrons. The fourth-order valence-corrected chi connectivity index (χ4v) is 3.37. The molecule has 1 fully saturated rings. The van der Waals surface area contributed by atoms with Crippen LogP contribution in [0.15, 0.2) is 24.4 Å². The van der Waals surface area contributed by atoms with Gasteiger partial charge in [0.05, 0.1) is 7.11 Å². The summed E-state index contributed by atoms with van der Waals surface area (Å²) in [7, 11) is 1.66. The number of nitrogens with one attached hydrogen (secondary N) is 1. The van der Waals surface area contributed by atoms with E-state index in [1.54, 1.807) is 7.11 Å². The minimum atomic E-state index is 0.190. The fraction of sp³-hybridized carbons (Fsp3) is 0.500. The summed E-state index contributed by atoms with van der Waals surface area (Å²) in [6, 6.07) is 5.86. The summed E-state index contributed by atoms with van der Waals surface area (Å²) >= 11 is 0. The van der Waals surface area contributed by atoms with Crippen LogP contribution in [0.25, 0.3) is 10.9 Å². The molecule has 0 radical (unpaired) electrons. The lowest BCUT2D eigenvalue weighted by molar-refractivity contribution is 0.0900. The molecular formula is C18H23NO2. The van der Waals surface area contributed by atoms with Crippen LogP contribution in [0.1, 0.15) is 55.3 Å². The molecule has 1 N–H and O–H groups in total. The molecule has 0 bridgehead atoms. The first-order valence-electron chi connectivity index (χ1n) is 7.99. The molecule has 0 spiro atoms. The van der Waals surface area contributed by atoms with Crippen LogP contribution >= 0.6 is 0 Å².